The molecule has 0 heterocycles. The van der Waals surface area contributed by atoms with Crippen LogP contribution in [0.2, 0.25) is 0 Å². The lowest BCUT2D eigenvalue weighted by atomic mass is 10.1. The topological polar surface area (TPSA) is 40.0 Å². The van der Waals surface area contributed by atoms with E-state index in [1.165, 1.54) is 6.07 Å². The van der Waals surface area contributed by atoms with Gasteiger partial charge in [-0.05, 0) is 83.5 Å². The second kappa shape index (κ2) is 15.7. The smallest absolute Gasteiger partial charge is 0.169 e. The van der Waals surface area contributed by atoms with Crippen LogP contribution >= 0.6 is 31.9 Å². The minimum absolute atomic E-state index is 0.354. The van der Waals surface area contributed by atoms with E-state index < -0.39 is 0 Å². The Morgan fingerprint density at radius 3 is 2.38 bits per heavy atom. The fourth-order valence-electron chi connectivity index (χ4n) is 2.67. The summed E-state index contributed by atoms with van der Waals surface area (Å²) in [6.45, 7) is 7.42. The van der Waals surface area contributed by atoms with Crippen molar-refractivity contribution < 1.29 is 18.7 Å². The molecule has 0 N–H and O–H groups in total. The van der Waals surface area contributed by atoms with Gasteiger partial charge in [-0.15, -0.1) is 0 Å². The largest absolute Gasteiger partial charge is 0.490 e. The van der Waals surface area contributed by atoms with Crippen LogP contribution in [0.4, 0.5) is 4.39 Å². The van der Waals surface area contributed by atoms with Crippen molar-refractivity contribution in [2.24, 2.45) is 5.16 Å². The average Bonchev–Trinajstić information content (AvgIpc) is 2.64. The minimum atomic E-state index is -0.364. The molecule has 0 atom stereocenters. The molecule has 1 rings (SSSR count). The van der Waals surface area contributed by atoms with E-state index in [1.807, 2.05) is 26.0 Å². The molecule has 1 aromatic carbocycles. The molecule has 0 aliphatic carbocycles. The van der Waals surface area contributed by atoms with Crippen molar-refractivity contribution in [2.45, 2.75) is 65.7 Å². The van der Waals surface area contributed by atoms with Crippen LogP contribution in [0.1, 0.15) is 64.9 Å². The van der Waals surface area contributed by atoms with E-state index >= 15 is 0 Å². The number of hydrogen-bond acceptors (Lipinski definition) is 4. The van der Waals surface area contributed by atoms with Gasteiger partial charge in [0.05, 0.1) is 15.7 Å². The maximum absolute atomic E-state index is 14.6. The molecule has 0 spiro atoms. The molecule has 0 unspecified atom stereocenters. The molecule has 7 heteroatoms. The average molecular weight is 537 g/mol. The van der Waals surface area contributed by atoms with Gasteiger partial charge in [-0.3, -0.25) is 0 Å². The number of nitrogens with zero attached hydrogens (tertiary/aromatic N) is 1. The summed E-state index contributed by atoms with van der Waals surface area (Å²) in [5.74, 6) is 0.509. The van der Waals surface area contributed by atoms with E-state index in [0.717, 1.165) is 59.6 Å². The SMILES string of the molecule is CCCc1cc(OCC=C(Br)Br)cc(F)c1OCCCCCCCON=C(C)C. The maximum atomic E-state index is 14.6. The first-order valence-corrected chi connectivity index (χ1v) is 11.7. The molecule has 0 aliphatic heterocycles. The second-order valence-corrected chi connectivity index (χ2v) is 9.71. The number of unbranched alkanes of at least 4 members (excludes halogenated alkanes) is 4. The van der Waals surface area contributed by atoms with Gasteiger partial charge in [-0.2, -0.15) is 0 Å². The highest BCUT2D eigenvalue weighted by molar-refractivity contribution is 9.28. The van der Waals surface area contributed by atoms with Gasteiger partial charge in [0.25, 0.3) is 0 Å². The van der Waals surface area contributed by atoms with Gasteiger partial charge in [-0.25, -0.2) is 4.39 Å². The number of aryl methyl sites for hydroxylation is 1. The predicted molar refractivity (Wildman–Crippen MR) is 125 cm³/mol. The first-order valence-electron chi connectivity index (χ1n) is 10.2. The normalized spacial score (nSPS) is 10.4. The lowest BCUT2D eigenvalue weighted by molar-refractivity contribution is 0.139. The maximum Gasteiger partial charge on any atom is 0.169 e. The fraction of sp³-hybridized carbons (Fsp3) is 0.591. The third-order valence-electron chi connectivity index (χ3n) is 3.97. The van der Waals surface area contributed by atoms with E-state index in [4.69, 9.17) is 14.3 Å². The summed E-state index contributed by atoms with van der Waals surface area (Å²) in [6.07, 6.45) is 8.63. The van der Waals surface area contributed by atoms with Crippen molar-refractivity contribution in [3.8, 4) is 11.5 Å². The molecule has 0 saturated carbocycles. The molecule has 0 saturated heterocycles. The summed E-state index contributed by atoms with van der Waals surface area (Å²) in [4.78, 5) is 5.18. The van der Waals surface area contributed by atoms with Crippen LogP contribution in [-0.4, -0.2) is 25.5 Å². The van der Waals surface area contributed by atoms with Crippen LogP contribution in [0.25, 0.3) is 0 Å². The van der Waals surface area contributed by atoms with Gasteiger partial charge in [0.2, 0.25) is 0 Å². The van der Waals surface area contributed by atoms with Crippen LogP contribution in [0.5, 0.6) is 11.5 Å². The van der Waals surface area contributed by atoms with Crippen LogP contribution in [-0.2, 0) is 11.3 Å². The molecule has 0 amide bonds. The Morgan fingerprint density at radius 2 is 1.72 bits per heavy atom. The quantitative estimate of drug-likeness (QED) is 0.132. The van der Waals surface area contributed by atoms with Crippen LogP contribution in [0.3, 0.4) is 0 Å². The van der Waals surface area contributed by atoms with Crippen molar-refractivity contribution in [3.63, 3.8) is 0 Å². The van der Waals surface area contributed by atoms with E-state index in [-0.39, 0.29) is 5.82 Å². The lowest BCUT2D eigenvalue weighted by Crippen LogP contribution is -2.04. The van der Waals surface area contributed by atoms with Crippen molar-refractivity contribution >= 4 is 37.6 Å². The van der Waals surface area contributed by atoms with E-state index in [1.54, 1.807) is 0 Å². The van der Waals surface area contributed by atoms with Crippen molar-refractivity contribution in [2.75, 3.05) is 19.8 Å². The monoisotopic (exact) mass is 535 g/mol. The third kappa shape index (κ3) is 12.3. The highest BCUT2D eigenvalue weighted by Crippen LogP contribution is 2.30. The highest BCUT2D eigenvalue weighted by atomic mass is 79.9. The van der Waals surface area contributed by atoms with Crippen molar-refractivity contribution in [3.05, 3.63) is 33.0 Å². The summed E-state index contributed by atoms with van der Waals surface area (Å²) in [7, 11) is 0. The van der Waals surface area contributed by atoms with Gasteiger partial charge < -0.3 is 14.3 Å². The van der Waals surface area contributed by atoms with E-state index in [2.05, 4.69) is 43.9 Å². The van der Waals surface area contributed by atoms with E-state index in [9.17, 15) is 4.39 Å². The number of rotatable bonds is 15. The Bertz CT molecular complexity index is 658. The van der Waals surface area contributed by atoms with E-state index in [0.29, 0.717) is 31.3 Å². The zero-order valence-corrected chi connectivity index (χ0v) is 20.8. The Kier molecular flexibility index (Phi) is 14.1. The molecular weight excluding hydrogens is 505 g/mol. The zero-order valence-electron chi connectivity index (χ0n) is 17.6. The third-order valence-corrected chi connectivity index (χ3v) is 4.62. The second-order valence-electron chi connectivity index (χ2n) is 6.94. The standard InChI is InChI=1S/C22H32Br2FNO3/c1-4-10-18-15-19(27-14-11-21(23)24)16-20(25)22(18)28-12-8-6-5-7-9-13-29-26-17(2)3/h11,15-16H,4-10,12-14H2,1-3H3. The highest BCUT2D eigenvalue weighted by Gasteiger charge is 2.13. The molecule has 0 radical (unpaired) electrons. The molecule has 0 bridgehead atoms. The number of hydrogen-bond donors (Lipinski definition) is 0. The summed E-state index contributed by atoms with van der Waals surface area (Å²) >= 11 is 6.55. The Labute approximate surface area is 191 Å². The van der Waals surface area contributed by atoms with Crippen LogP contribution < -0.4 is 9.47 Å². The predicted octanol–water partition coefficient (Wildman–Crippen LogP) is 7.53. The molecular formula is C22H32Br2FNO3. The van der Waals surface area contributed by atoms with Crippen molar-refractivity contribution in [1.82, 2.24) is 0 Å². The minimum Gasteiger partial charge on any atom is -0.490 e. The molecule has 4 nitrogen and oxygen atoms in total. The van der Waals surface area contributed by atoms with Gasteiger partial charge in [0.15, 0.2) is 11.6 Å². The van der Waals surface area contributed by atoms with Gasteiger partial charge >= 0.3 is 0 Å². The lowest BCUT2D eigenvalue weighted by Gasteiger charge is -2.14. The summed E-state index contributed by atoms with van der Waals surface area (Å²) < 4.78 is 26.8. The molecule has 1 aromatic rings. The summed E-state index contributed by atoms with van der Waals surface area (Å²) in [5, 5.41) is 3.91. The Hall–Kier alpha value is -1.08. The number of benzene rings is 1. The molecule has 0 aliphatic rings. The Morgan fingerprint density at radius 1 is 1.03 bits per heavy atom. The van der Waals surface area contributed by atoms with Gasteiger partial charge in [0, 0.05) is 11.6 Å². The fourth-order valence-corrected chi connectivity index (χ4v) is 2.94. The zero-order chi connectivity index (χ0) is 21.5. The van der Waals surface area contributed by atoms with Crippen LogP contribution in [0, 0.1) is 5.82 Å². The Balaban J connectivity index is 2.40. The number of ether oxygens (including phenoxy) is 2. The summed E-state index contributed by atoms with van der Waals surface area (Å²) in [5.41, 5.74) is 1.79. The molecule has 164 valence electrons. The molecule has 0 aromatic heterocycles. The summed E-state index contributed by atoms with van der Waals surface area (Å²) in [6, 6.07) is 3.27. The number of oxime groups is 1. The van der Waals surface area contributed by atoms with Gasteiger partial charge in [-0.1, -0.05) is 31.3 Å². The molecule has 29 heavy (non-hydrogen) atoms. The first-order chi connectivity index (χ1) is 13.9. The number of halogens is 3. The van der Waals surface area contributed by atoms with Crippen molar-refractivity contribution in [1.29, 1.82) is 0 Å². The first kappa shape index (κ1) is 26.0. The van der Waals surface area contributed by atoms with Crippen LogP contribution in [0.15, 0.2) is 26.8 Å². The molecule has 0 fully saturated rings. The van der Waals surface area contributed by atoms with Gasteiger partial charge in [0.1, 0.15) is 19.0 Å².